The number of rotatable bonds is 7. The van der Waals surface area contributed by atoms with Crippen molar-refractivity contribution in [3.8, 4) is 0 Å². The maximum Gasteiger partial charge on any atom is 0.289 e. The Morgan fingerprint density at radius 2 is 1.97 bits per heavy atom. The Morgan fingerprint density at radius 1 is 1.17 bits per heavy atom. The molecule has 0 bridgehead atoms. The number of hydrogen-bond acceptors (Lipinski definition) is 5. The molecule has 1 heterocycles. The maximum absolute atomic E-state index is 12.7. The van der Waals surface area contributed by atoms with Crippen LogP contribution in [0.15, 0.2) is 23.2 Å². The van der Waals surface area contributed by atoms with Crippen LogP contribution in [0.4, 0.5) is 5.82 Å². The number of carbonyl (C=O) groups is 1. The van der Waals surface area contributed by atoms with E-state index in [9.17, 15) is 4.79 Å². The lowest BCUT2D eigenvalue weighted by atomic mass is 9.90. The van der Waals surface area contributed by atoms with Gasteiger partial charge in [-0.15, -0.1) is 0 Å². The molecule has 2 aliphatic carbocycles. The number of guanidine groups is 1. The van der Waals surface area contributed by atoms with Gasteiger partial charge in [0.25, 0.3) is 5.91 Å². The average molecular weight is 410 g/mol. The van der Waals surface area contributed by atoms with Gasteiger partial charge in [0.1, 0.15) is 5.82 Å². The van der Waals surface area contributed by atoms with E-state index in [-0.39, 0.29) is 29.8 Å². The molecule has 1 aromatic carbocycles. The van der Waals surface area contributed by atoms with Gasteiger partial charge in [-0.25, -0.2) is 15.0 Å². The van der Waals surface area contributed by atoms with Crippen molar-refractivity contribution in [3.05, 3.63) is 29.6 Å². The quantitative estimate of drug-likeness (QED) is 0.410. The fourth-order valence-electron chi connectivity index (χ4n) is 4.13. The third-order valence-corrected chi connectivity index (χ3v) is 5.96. The number of aryl methyl sites for hydroxylation is 1. The summed E-state index contributed by atoms with van der Waals surface area (Å²) in [5.74, 6) is 1.50. The third kappa shape index (κ3) is 4.98. The number of amides is 1. The van der Waals surface area contributed by atoms with Gasteiger partial charge in [0, 0.05) is 11.9 Å². The van der Waals surface area contributed by atoms with Crippen molar-refractivity contribution < 1.29 is 4.79 Å². The highest BCUT2D eigenvalue weighted by Crippen LogP contribution is 2.32. The predicted octanol–water partition coefficient (Wildman–Crippen LogP) is 2.46. The van der Waals surface area contributed by atoms with Crippen LogP contribution in [0, 0.1) is 12.8 Å². The van der Waals surface area contributed by atoms with Gasteiger partial charge in [-0.1, -0.05) is 37.3 Å². The number of nitrogens with zero attached hydrogens (tertiary/aromatic N) is 3. The first-order chi connectivity index (χ1) is 14.5. The van der Waals surface area contributed by atoms with Gasteiger partial charge < -0.3 is 22.1 Å². The first-order valence-corrected chi connectivity index (χ1v) is 10.9. The minimum absolute atomic E-state index is 0.00519. The van der Waals surface area contributed by atoms with Crippen LogP contribution >= 0.6 is 0 Å². The molecule has 2 atom stereocenters. The molecular weight excluding hydrogens is 378 g/mol. The first-order valence-electron chi connectivity index (χ1n) is 10.9. The number of aromatic nitrogens is 2. The van der Waals surface area contributed by atoms with E-state index in [4.69, 9.17) is 11.5 Å². The highest BCUT2D eigenvalue weighted by atomic mass is 16.2. The summed E-state index contributed by atoms with van der Waals surface area (Å²) in [6.45, 7) is 2.70. The summed E-state index contributed by atoms with van der Waals surface area (Å²) < 4.78 is 0. The molecule has 2 fully saturated rings. The zero-order valence-corrected chi connectivity index (χ0v) is 17.5. The molecule has 0 saturated heterocycles. The molecule has 4 rings (SSSR count). The molecule has 2 saturated carbocycles. The summed E-state index contributed by atoms with van der Waals surface area (Å²) >= 11 is 0. The molecule has 2 aliphatic rings. The number of nitrogens with two attached hydrogens (primary N) is 2. The van der Waals surface area contributed by atoms with E-state index in [2.05, 4.69) is 25.6 Å². The van der Waals surface area contributed by atoms with Crippen molar-refractivity contribution in [2.75, 3.05) is 11.9 Å². The van der Waals surface area contributed by atoms with Gasteiger partial charge in [-0.05, 0) is 44.2 Å². The SMILES string of the molecule is Cc1ccc2nc(C(=O)NCCC3CC3)nc(N[C@H]3CCCC[C@H]3N=C(N)N)c2c1. The van der Waals surface area contributed by atoms with Crippen molar-refractivity contribution in [3.63, 3.8) is 0 Å². The normalized spacial score (nSPS) is 21.2. The Balaban J connectivity index is 1.61. The second kappa shape index (κ2) is 8.85. The van der Waals surface area contributed by atoms with Crippen molar-refractivity contribution in [2.45, 2.75) is 64.0 Å². The summed E-state index contributed by atoms with van der Waals surface area (Å²) in [5.41, 5.74) is 13.2. The zero-order chi connectivity index (χ0) is 21.1. The van der Waals surface area contributed by atoms with Crippen molar-refractivity contribution in [2.24, 2.45) is 22.4 Å². The van der Waals surface area contributed by atoms with Crippen LogP contribution in [-0.4, -0.2) is 40.5 Å². The van der Waals surface area contributed by atoms with Crippen LogP contribution in [0.3, 0.4) is 0 Å². The van der Waals surface area contributed by atoms with Gasteiger partial charge in [0.05, 0.1) is 17.6 Å². The molecule has 160 valence electrons. The minimum Gasteiger partial charge on any atom is -0.370 e. The predicted molar refractivity (Wildman–Crippen MR) is 119 cm³/mol. The van der Waals surface area contributed by atoms with Crippen LogP contribution in [0.2, 0.25) is 0 Å². The highest BCUT2D eigenvalue weighted by molar-refractivity contribution is 5.96. The molecule has 1 aromatic heterocycles. The molecule has 2 aromatic rings. The molecule has 0 spiro atoms. The largest absolute Gasteiger partial charge is 0.370 e. The second-order valence-electron chi connectivity index (χ2n) is 8.56. The van der Waals surface area contributed by atoms with E-state index in [1.807, 2.05) is 25.1 Å². The lowest BCUT2D eigenvalue weighted by Gasteiger charge is -2.30. The van der Waals surface area contributed by atoms with Crippen molar-refractivity contribution in [1.82, 2.24) is 15.3 Å². The topological polar surface area (TPSA) is 131 Å². The molecule has 0 radical (unpaired) electrons. The summed E-state index contributed by atoms with van der Waals surface area (Å²) in [6, 6.07) is 6.04. The Morgan fingerprint density at radius 3 is 2.73 bits per heavy atom. The summed E-state index contributed by atoms with van der Waals surface area (Å²) in [6.07, 6.45) is 7.63. The van der Waals surface area contributed by atoms with E-state index in [1.54, 1.807) is 0 Å². The van der Waals surface area contributed by atoms with Crippen molar-refractivity contribution in [1.29, 1.82) is 0 Å². The van der Waals surface area contributed by atoms with Gasteiger partial charge in [0.2, 0.25) is 5.82 Å². The molecule has 8 heteroatoms. The summed E-state index contributed by atoms with van der Waals surface area (Å²) in [4.78, 5) is 26.2. The van der Waals surface area contributed by atoms with Gasteiger partial charge in [0.15, 0.2) is 5.96 Å². The second-order valence-corrected chi connectivity index (χ2v) is 8.56. The van der Waals surface area contributed by atoms with E-state index < -0.39 is 0 Å². The lowest BCUT2D eigenvalue weighted by Crippen LogP contribution is -2.38. The average Bonchev–Trinajstić information content (AvgIpc) is 3.53. The van der Waals surface area contributed by atoms with Crippen LogP contribution in [-0.2, 0) is 0 Å². The van der Waals surface area contributed by atoms with E-state index in [0.717, 1.165) is 54.5 Å². The van der Waals surface area contributed by atoms with E-state index in [0.29, 0.717) is 12.4 Å². The van der Waals surface area contributed by atoms with Crippen LogP contribution in [0.5, 0.6) is 0 Å². The first kappa shape index (κ1) is 20.4. The van der Waals surface area contributed by atoms with Crippen LogP contribution < -0.4 is 22.1 Å². The van der Waals surface area contributed by atoms with Crippen molar-refractivity contribution >= 4 is 28.6 Å². The molecule has 1 amide bonds. The Labute approximate surface area is 176 Å². The highest BCUT2D eigenvalue weighted by Gasteiger charge is 2.27. The molecule has 8 nitrogen and oxygen atoms in total. The van der Waals surface area contributed by atoms with E-state index in [1.165, 1.54) is 12.8 Å². The zero-order valence-electron chi connectivity index (χ0n) is 17.5. The standard InChI is InChI=1S/C22H31N7O/c1-13-6-9-16-15(12-13)19(27-17-4-2-3-5-18(17)28-22(23)24)29-20(26-16)21(30)25-11-10-14-7-8-14/h6,9,12,14,17-18H,2-5,7-8,10-11H2,1H3,(H,25,30)(H4,23,24,28)(H,26,27,29)/t17-,18+/m0/s1. The molecule has 0 aliphatic heterocycles. The van der Waals surface area contributed by atoms with Gasteiger partial charge in [-0.2, -0.15) is 0 Å². The monoisotopic (exact) mass is 409 g/mol. The van der Waals surface area contributed by atoms with Gasteiger partial charge >= 0.3 is 0 Å². The summed E-state index contributed by atoms with van der Waals surface area (Å²) in [5, 5.41) is 7.40. The Kier molecular flexibility index (Phi) is 6.01. The van der Waals surface area contributed by atoms with Gasteiger partial charge in [-0.3, -0.25) is 4.79 Å². The molecular formula is C22H31N7O. The third-order valence-electron chi connectivity index (χ3n) is 5.96. The Bertz CT molecular complexity index is 950. The summed E-state index contributed by atoms with van der Waals surface area (Å²) in [7, 11) is 0. The minimum atomic E-state index is -0.231. The number of fused-ring (bicyclic) bond motifs is 1. The fraction of sp³-hybridized carbons (Fsp3) is 0.545. The van der Waals surface area contributed by atoms with Crippen LogP contribution in [0.25, 0.3) is 10.9 Å². The number of anilines is 1. The number of aliphatic imine (C=N–C) groups is 1. The Hall–Kier alpha value is -2.90. The van der Waals surface area contributed by atoms with E-state index >= 15 is 0 Å². The maximum atomic E-state index is 12.7. The number of carbonyl (C=O) groups excluding carboxylic acids is 1. The fourth-order valence-corrected chi connectivity index (χ4v) is 4.13. The number of hydrogen-bond donors (Lipinski definition) is 4. The molecule has 6 N–H and O–H groups in total. The smallest absolute Gasteiger partial charge is 0.289 e. The number of benzene rings is 1. The van der Waals surface area contributed by atoms with Crippen LogP contribution in [0.1, 0.15) is 61.1 Å². The lowest BCUT2D eigenvalue weighted by molar-refractivity contribution is 0.0942. The molecule has 0 unspecified atom stereocenters. The number of nitrogens with one attached hydrogen (secondary N) is 2. The molecule has 30 heavy (non-hydrogen) atoms.